The highest BCUT2D eigenvalue weighted by atomic mass is 19.1. The highest BCUT2D eigenvalue weighted by molar-refractivity contribution is 5.96. The Bertz CT molecular complexity index is 580. The number of hydrogen-bond donors (Lipinski definition) is 3. The zero-order valence-electron chi connectivity index (χ0n) is 10.9. The van der Waals surface area contributed by atoms with Gasteiger partial charge in [0.2, 0.25) is 0 Å². The van der Waals surface area contributed by atoms with Crippen LogP contribution in [0.5, 0.6) is 0 Å². The fourth-order valence-corrected chi connectivity index (χ4v) is 2.09. The summed E-state index contributed by atoms with van der Waals surface area (Å²) >= 11 is 0. The van der Waals surface area contributed by atoms with Crippen molar-refractivity contribution in [2.24, 2.45) is 5.73 Å². The van der Waals surface area contributed by atoms with Gasteiger partial charge in [-0.2, -0.15) is 0 Å². The van der Waals surface area contributed by atoms with E-state index in [9.17, 15) is 18.4 Å². The number of nitrogens with two attached hydrogens (primary N) is 1. The minimum Gasteiger partial charge on any atom is -0.478 e. The number of ether oxygens (including phenoxy) is 1. The molecule has 0 radical (unpaired) electrons. The summed E-state index contributed by atoms with van der Waals surface area (Å²) in [4.78, 5) is 22.7. The van der Waals surface area contributed by atoms with E-state index in [0.29, 0.717) is 18.9 Å². The molecule has 6 nitrogen and oxygen atoms in total. The van der Waals surface area contributed by atoms with E-state index >= 15 is 0 Å². The van der Waals surface area contributed by atoms with Crippen LogP contribution in [-0.2, 0) is 9.53 Å². The molecule has 21 heavy (non-hydrogen) atoms. The quantitative estimate of drug-likeness (QED) is 0.773. The van der Waals surface area contributed by atoms with Crippen LogP contribution in [0.15, 0.2) is 12.1 Å². The molecule has 1 saturated heterocycles. The number of carboxylic acid groups (broad SMARTS) is 1. The second kappa shape index (κ2) is 6.15. The molecule has 2 rings (SSSR count). The molecule has 1 aromatic rings. The predicted octanol–water partition coefficient (Wildman–Crippen LogP) is 1.11. The van der Waals surface area contributed by atoms with Crippen LogP contribution in [0.3, 0.4) is 0 Å². The van der Waals surface area contributed by atoms with Crippen molar-refractivity contribution in [3.8, 4) is 0 Å². The number of anilines is 1. The van der Waals surface area contributed by atoms with Crippen molar-refractivity contribution in [3.63, 3.8) is 0 Å². The molecule has 1 heterocycles. The SMILES string of the molecule is NCC1CCC(C(=O)Nc2cc(C(=O)O)c(F)cc2F)O1. The van der Waals surface area contributed by atoms with Gasteiger partial charge >= 0.3 is 5.97 Å². The van der Waals surface area contributed by atoms with Gasteiger partial charge in [-0.1, -0.05) is 0 Å². The maximum absolute atomic E-state index is 13.6. The molecule has 1 aliphatic rings. The molecule has 0 spiro atoms. The lowest BCUT2D eigenvalue weighted by molar-refractivity contribution is -0.126. The molecule has 1 aliphatic heterocycles. The third kappa shape index (κ3) is 3.34. The first kappa shape index (κ1) is 15.3. The smallest absolute Gasteiger partial charge is 0.338 e. The fraction of sp³-hybridized carbons (Fsp3) is 0.385. The van der Waals surface area contributed by atoms with Gasteiger partial charge in [-0.15, -0.1) is 0 Å². The zero-order chi connectivity index (χ0) is 15.6. The molecule has 4 N–H and O–H groups in total. The standard InChI is InChI=1S/C13H14F2N2O4/c14-8-4-9(15)10(3-7(8)13(19)20)17-12(18)11-2-1-6(5-16)21-11/h3-4,6,11H,1-2,5,16H2,(H,17,18)(H,19,20). The maximum Gasteiger partial charge on any atom is 0.338 e. The lowest BCUT2D eigenvalue weighted by Gasteiger charge is -2.13. The Balaban J connectivity index is 2.14. The molecule has 2 atom stereocenters. The molecule has 1 fully saturated rings. The van der Waals surface area contributed by atoms with E-state index in [0.717, 1.165) is 6.07 Å². The first-order valence-corrected chi connectivity index (χ1v) is 6.31. The first-order valence-electron chi connectivity index (χ1n) is 6.31. The van der Waals surface area contributed by atoms with Crippen LogP contribution in [0.25, 0.3) is 0 Å². The van der Waals surface area contributed by atoms with Crippen LogP contribution in [0.2, 0.25) is 0 Å². The summed E-state index contributed by atoms with van der Waals surface area (Å²) in [6, 6.07) is 1.15. The van der Waals surface area contributed by atoms with Gasteiger partial charge in [-0.05, 0) is 18.9 Å². The topological polar surface area (TPSA) is 102 Å². The summed E-state index contributed by atoms with van der Waals surface area (Å²) < 4.78 is 32.2. The van der Waals surface area contributed by atoms with Crippen molar-refractivity contribution in [1.82, 2.24) is 0 Å². The van der Waals surface area contributed by atoms with Gasteiger partial charge in [0, 0.05) is 12.6 Å². The Kier molecular flexibility index (Phi) is 4.49. The van der Waals surface area contributed by atoms with Crippen LogP contribution in [-0.4, -0.2) is 35.7 Å². The largest absolute Gasteiger partial charge is 0.478 e. The summed E-state index contributed by atoms with van der Waals surface area (Å²) in [6.45, 7) is 0.276. The maximum atomic E-state index is 13.6. The molecular formula is C13H14F2N2O4. The molecule has 0 aliphatic carbocycles. The highest BCUT2D eigenvalue weighted by Gasteiger charge is 2.30. The van der Waals surface area contributed by atoms with Crippen molar-refractivity contribution in [2.75, 3.05) is 11.9 Å². The van der Waals surface area contributed by atoms with E-state index in [4.69, 9.17) is 15.6 Å². The zero-order valence-corrected chi connectivity index (χ0v) is 10.9. The Hall–Kier alpha value is -2.06. The third-order valence-corrected chi connectivity index (χ3v) is 3.21. The number of hydrogen-bond acceptors (Lipinski definition) is 4. The number of aromatic carboxylic acids is 1. The van der Waals surface area contributed by atoms with Crippen molar-refractivity contribution in [1.29, 1.82) is 0 Å². The van der Waals surface area contributed by atoms with Gasteiger partial charge in [-0.3, -0.25) is 4.79 Å². The van der Waals surface area contributed by atoms with Gasteiger partial charge in [0.25, 0.3) is 5.91 Å². The minimum atomic E-state index is -1.55. The molecular weight excluding hydrogens is 286 g/mol. The molecule has 0 bridgehead atoms. The monoisotopic (exact) mass is 300 g/mol. The molecule has 2 unspecified atom stereocenters. The Morgan fingerprint density at radius 2 is 2.05 bits per heavy atom. The van der Waals surface area contributed by atoms with Crippen LogP contribution in [0.4, 0.5) is 14.5 Å². The number of carbonyl (C=O) groups excluding carboxylic acids is 1. The van der Waals surface area contributed by atoms with Crippen molar-refractivity contribution >= 4 is 17.6 Å². The van der Waals surface area contributed by atoms with E-state index in [-0.39, 0.29) is 12.6 Å². The van der Waals surface area contributed by atoms with E-state index in [1.165, 1.54) is 0 Å². The number of benzene rings is 1. The number of carboxylic acids is 1. The van der Waals surface area contributed by atoms with Crippen LogP contribution < -0.4 is 11.1 Å². The number of rotatable bonds is 4. The van der Waals surface area contributed by atoms with Gasteiger partial charge in [0.15, 0.2) is 0 Å². The summed E-state index contributed by atoms with van der Waals surface area (Å²) in [7, 11) is 0. The van der Waals surface area contributed by atoms with E-state index in [2.05, 4.69) is 5.32 Å². The van der Waals surface area contributed by atoms with Crippen LogP contribution >= 0.6 is 0 Å². The van der Waals surface area contributed by atoms with Crippen LogP contribution in [0.1, 0.15) is 23.2 Å². The fourth-order valence-electron chi connectivity index (χ4n) is 2.09. The first-order chi connectivity index (χ1) is 9.92. The van der Waals surface area contributed by atoms with Crippen molar-refractivity contribution in [3.05, 3.63) is 29.3 Å². The second-order valence-electron chi connectivity index (χ2n) is 4.67. The molecule has 1 amide bonds. The molecule has 8 heteroatoms. The molecule has 1 aromatic carbocycles. The average Bonchev–Trinajstić information content (AvgIpc) is 2.90. The van der Waals surface area contributed by atoms with Crippen molar-refractivity contribution in [2.45, 2.75) is 25.0 Å². The number of carbonyl (C=O) groups is 2. The summed E-state index contributed by atoms with van der Waals surface area (Å²) in [5.74, 6) is -4.44. The average molecular weight is 300 g/mol. The lowest BCUT2D eigenvalue weighted by atomic mass is 10.1. The molecule has 0 saturated carbocycles. The molecule has 114 valence electrons. The summed E-state index contributed by atoms with van der Waals surface area (Å²) in [5, 5.41) is 11.0. The Morgan fingerprint density at radius 3 is 2.62 bits per heavy atom. The number of amides is 1. The third-order valence-electron chi connectivity index (χ3n) is 3.21. The van der Waals surface area contributed by atoms with Crippen LogP contribution in [0, 0.1) is 11.6 Å². The molecule has 0 aromatic heterocycles. The predicted molar refractivity (Wildman–Crippen MR) is 68.9 cm³/mol. The second-order valence-corrected chi connectivity index (χ2v) is 4.67. The highest BCUT2D eigenvalue weighted by Crippen LogP contribution is 2.23. The van der Waals surface area contributed by atoms with Gasteiger partial charge < -0.3 is 20.9 Å². The summed E-state index contributed by atoms with van der Waals surface area (Å²) in [5.41, 5.74) is 4.29. The van der Waals surface area contributed by atoms with Gasteiger partial charge in [0.05, 0.1) is 17.4 Å². The number of halogens is 2. The van der Waals surface area contributed by atoms with E-state index < -0.39 is 40.9 Å². The Labute approximate surface area is 118 Å². The normalized spacial score (nSPS) is 21.3. The van der Waals surface area contributed by atoms with Gasteiger partial charge in [-0.25, -0.2) is 13.6 Å². The lowest BCUT2D eigenvalue weighted by Crippen LogP contribution is -2.30. The van der Waals surface area contributed by atoms with E-state index in [1.807, 2.05) is 0 Å². The summed E-state index contributed by atoms with van der Waals surface area (Å²) in [6.07, 6.45) is 0.0352. The van der Waals surface area contributed by atoms with E-state index in [1.54, 1.807) is 0 Å². The van der Waals surface area contributed by atoms with Gasteiger partial charge in [0.1, 0.15) is 17.7 Å². The minimum absolute atomic E-state index is 0.228. The van der Waals surface area contributed by atoms with Crippen molar-refractivity contribution < 1.29 is 28.2 Å². The number of nitrogens with one attached hydrogen (secondary N) is 1. The Morgan fingerprint density at radius 1 is 1.33 bits per heavy atom.